The number of rotatable bonds is 4. The molecule has 1 aliphatic heterocycles. The average Bonchev–Trinajstić information content (AvgIpc) is 2.36. The molecular weight excluding hydrogens is 216 g/mol. The summed E-state index contributed by atoms with van der Waals surface area (Å²) in [5, 5.41) is 3.33. The number of hydrogen-bond acceptors (Lipinski definition) is 3. The lowest BCUT2D eigenvalue weighted by Crippen LogP contribution is -2.32. The van der Waals surface area contributed by atoms with Crippen LogP contribution in [0.3, 0.4) is 0 Å². The van der Waals surface area contributed by atoms with Gasteiger partial charge in [0.1, 0.15) is 0 Å². The van der Waals surface area contributed by atoms with Crippen LogP contribution in [0, 0.1) is 5.92 Å². The summed E-state index contributed by atoms with van der Waals surface area (Å²) in [5.41, 5.74) is -0.00659. The molecule has 0 aromatic carbocycles. The van der Waals surface area contributed by atoms with Gasteiger partial charge in [0.25, 0.3) is 5.56 Å². The van der Waals surface area contributed by atoms with Gasteiger partial charge in [-0.25, -0.2) is 0 Å². The molecule has 4 heteroatoms. The van der Waals surface area contributed by atoms with Crippen LogP contribution in [0.5, 0.6) is 5.75 Å². The molecule has 1 N–H and O–H groups in total. The molecule has 2 rings (SSSR count). The molecule has 0 bridgehead atoms. The van der Waals surface area contributed by atoms with E-state index in [4.69, 9.17) is 4.74 Å². The Labute approximate surface area is 102 Å². The van der Waals surface area contributed by atoms with Crippen LogP contribution in [-0.4, -0.2) is 24.3 Å². The van der Waals surface area contributed by atoms with Crippen molar-refractivity contribution in [1.82, 2.24) is 9.88 Å². The number of ether oxygens (including phenoxy) is 1. The quantitative estimate of drug-likeness (QED) is 0.855. The van der Waals surface area contributed by atoms with Crippen LogP contribution in [0.1, 0.15) is 19.8 Å². The van der Waals surface area contributed by atoms with Crippen molar-refractivity contribution in [2.75, 3.05) is 19.7 Å². The zero-order valence-corrected chi connectivity index (χ0v) is 10.3. The number of aromatic nitrogens is 1. The van der Waals surface area contributed by atoms with Crippen molar-refractivity contribution < 1.29 is 4.74 Å². The van der Waals surface area contributed by atoms with E-state index in [1.807, 2.05) is 19.2 Å². The lowest BCUT2D eigenvalue weighted by molar-refractivity contribution is 0.312. The molecule has 0 atom stereocenters. The van der Waals surface area contributed by atoms with Crippen molar-refractivity contribution in [2.45, 2.75) is 26.3 Å². The van der Waals surface area contributed by atoms with E-state index in [2.05, 4.69) is 5.32 Å². The second kappa shape index (κ2) is 5.87. The van der Waals surface area contributed by atoms with Gasteiger partial charge in [0, 0.05) is 12.7 Å². The molecule has 94 valence electrons. The zero-order chi connectivity index (χ0) is 12.1. The van der Waals surface area contributed by atoms with Gasteiger partial charge in [-0.1, -0.05) is 0 Å². The number of piperidine rings is 1. The summed E-state index contributed by atoms with van der Waals surface area (Å²) in [6.45, 7) is 5.35. The predicted octanol–water partition coefficient (Wildman–Crippen LogP) is 1.25. The summed E-state index contributed by atoms with van der Waals surface area (Å²) in [5.74, 6) is 1.06. The SMILES string of the molecule is CCOc1cccn(CC2CCNCC2)c1=O. The summed E-state index contributed by atoms with van der Waals surface area (Å²) in [4.78, 5) is 12.1. The van der Waals surface area contributed by atoms with Gasteiger partial charge in [0.2, 0.25) is 0 Å². The van der Waals surface area contributed by atoms with Crippen LogP contribution < -0.4 is 15.6 Å². The average molecular weight is 236 g/mol. The molecule has 17 heavy (non-hydrogen) atoms. The standard InChI is InChI=1S/C13H20N2O2/c1-2-17-12-4-3-9-15(13(12)16)10-11-5-7-14-8-6-11/h3-4,9,11,14H,2,5-8,10H2,1H3. The second-order valence-electron chi connectivity index (χ2n) is 4.46. The molecule has 0 amide bonds. The number of nitrogens with zero attached hydrogens (tertiary/aromatic N) is 1. The second-order valence-corrected chi connectivity index (χ2v) is 4.46. The van der Waals surface area contributed by atoms with Gasteiger partial charge in [-0.2, -0.15) is 0 Å². The van der Waals surface area contributed by atoms with Crippen molar-refractivity contribution in [3.8, 4) is 5.75 Å². The molecule has 0 radical (unpaired) electrons. The van der Waals surface area contributed by atoms with Gasteiger partial charge >= 0.3 is 0 Å². The first kappa shape index (κ1) is 12.2. The highest BCUT2D eigenvalue weighted by Gasteiger charge is 2.14. The van der Waals surface area contributed by atoms with E-state index in [0.717, 1.165) is 32.5 Å². The Hall–Kier alpha value is -1.29. The summed E-state index contributed by atoms with van der Waals surface area (Å²) >= 11 is 0. The molecule has 2 heterocycles. The third-order valence-corrected chi connectivity index (χ3v) is 3.20. The zero-order valence-electron chi connectivity index (χ0n) is 10.3. The van der Waals surface area contributed by atoms with Gasteiger partial charge in [-0.05, 0) is 50.9 Å². The molecule has 1 aliphatic rings. The van der Waals surface area contributed by atoms with E-state index < -0.39 is 0 Å². The third kappa shape index (κ3) is 3.09. The fourth-order valence-electron chi connectivity index (χ4n) is 2.27. The van der Waals surface area contributed by atoms with Gasteiger partial charge in [-0.3, -0.25) is 4.79 Å². The maximum absolute atomic E-state index is 12.1. The van der Waals surface area contributed by atoms with Crippen molar-refractivity contribution in [3.05, 3.63) is 28.7 Å². The third-order valence-electron chi connectivity index (χ3n) is 3.20. The number of pyridine rings is 1. The topological polar surface area (TPSA) is 43.3 Å². The molecule has 1 aromatic heterocycles. The maximum Gasteiger partial charge on any atom is 0.292 e. The maximum atomic E-state index is 12.1. The summed E-state index contributed by atoms with van der Waals surface area (Å²) in [6.07, 6.45) is 4.14. The highest BCUT2D eigenvalue weighted by molar-refractivity contribution is 5.17. The summed E-state index contributed by atoms with van der Waals surface area (Å²) in [7, 11) is 0. The molecule has 4 nitrogen and oxygen atoms in total. The predicted molar refractivity (Wildman–Crippen MR) is 67.5 cm³/mol. The lowest BCUT2D eigenvalue weighted by atomic mass is 9.98. The van der Waals surface area contributed by atoms with Crippen molar-refractivity contribution in [3.63, 3.8) is 0 Å². The Kier molecular flexibility index (Phi) is 4.20. The Morgan fingerprint density at radius 3 is 2.94 bits per heavy atom. The van der Waals surface area contributed by atoms with Crippen molar-refractivity contribution in [2.24, 2.45) is 5.92 Å². The Balaban J connectivity index is 2.09. The van der Waals surface area contributed by atoms with Gasteiger partial charge in [0.15, 0.2) is 5.75 Å². The first-order valence-electron chi connectivity index (χ1n) is 6.34. The van der Waals surface area contributed by atoms with Crippen molar-refractivity contribution >= 4 is 0 Å². The Bertz CT molecular complexity index is 408. The van der Waals surface area contributed by atoms with Gasteiger partial charge < -0.3 is 14.6 Å². The molecular formula is C13H20N2O2. The van der Waals surface area contributed by atoms with Crippen LogP contribution >= 0.6 is 0 Å². The summed E-state index contributed by atoms with van der Waals surface area (Å²) in [6, 6.07) is 3.62. The minimum absolute atomic E-state index is 0.00659. The molecule has 0 aliphatic carbocycles. The van der Waals surface area contributed by atoms with Crippen LogP contribution in [0.2, 0.25) is 0 Å². The minimum Gasteiger partial charge on any atom is -0.488 e. The highest BCUT2D eigenvalue weighted by Crippen LogP contribution is 2.14. The van der Waals surface area contributed by atoms with E-state index in [9.17, 15) is 4.79 Å². The van der Waals surface area contributed by atoms with Crippen LogP contribution in [0.15, 0.2) is 23.1 Å². The first-order valence-corrected chi connectivity index (χ1v) is 6.34. The van der Waals surface area contributed by atoms with E-state index in [0.29, 0.717) is 18.3 Å². The molecule has 1 fully saturated rings. The Morgan fingerprint density at radius 1 is 1.47 bits per heavy atom. The molecule has 1 aromatic rings. The highest BCUT2D eigenvalue weighted by atomic mass is 16.5. The minimum atomic E-state index is -0.00659. The van der Waals surface area contributed by atoms with E-state index in [-0.39, 0.29) is 5.56 Å². The largest absolute Gasteiger partial charge is 0.488 e. The molecule has 0 unspecified atom stereocenters. The first-order chi connectivity index (χ1) is 8.31. The molecule has 0 saturated carbocycles. The van der Waals surface area contributed by atoms with E-state index in [1.165, 1.54) is 0 Å². The normalized spacial score (nSPS) is 17.0. The molecule has 0 spiro atoms. The van der Waals surface area contributed by atoms with E-state index in [1.54, 1.807) is 10.6 Å². The smallest absolute Gasteiger partial charge is 0.292 e. The van der Waals surface area contributed by atoms with Crippen LogP contribution in [0.25, 0.3) is 0 Å². The Morgan fingerprint density at radius 2 is 2.24 bits per heavy atom. The lowest BCUT2D eigenvalue weighted by Gasteiger charge is -2.23. The number of nitrogens with one attached hydrogen (secondary N) is 1. The van der Waals surface area contributed by atoms with E-state index >= 15 is 0 Å². The number of hydrogen-bond donors (Lipinski definition) is 1. The monoisotopic (exact) mass is 236 g/mol. The van der Waals surface area contributed by atoms with Crippen LogP contribution in [0.4, 0.5) is 0 Å². The van der Waals surface area contributed by atoms with Crippen molar-refractivity contribution in [1.29, 1.82) is 0 Å². The van der Waals surface area contributed by atoms with Gasteiger partial charge in [0.05, 0.1) is 6.61 Å². The van der Waals surface area contributed by atoms with Gasteiger partial charge in [-0.15, -0.1) is 0 Å². The van der Waals surface area contributed by atoms with Crippen LogP contribution in [-0.2, 0) is 6.54 Å². The fraction of sp³-hybridized carbons (Fsp3) is 0.615. The summed E-state index contributed by atoms with van der Waals surface area (Å²) < 4.78 is 7.10. The molecule has 1 saturated heterocycles. The fourth-order valence-corrected chi connectivity index (χ4v) is 2.27.